The first-order valence-corrected chi connectivity index (χ1v) is 6.62. The van der Waals surface area contributed by atoms with Crippen LogP contribution in [-0.2, 0) is 0 Å². The molecule has 0 bridgehead atoms. The number of para-hydroxylation sites is 1. The van der Waals surface area contributed by atoms with E-state index in [-0.39, 0.29) is 17.9 Å². The number of aromatic carboxylic acids is 1. The molecule has 0 spiro atoms. The van der Waals surface area contributed by atoms with Crippen LogP contribution in [0, 0.1) is 18.3 Å². The molecule has 1 aromatic carbocycles. The van der Waals surface area contributed by atoms with Gasteiger partial charge in [-0.25, -0.2) is 4.79 Å². The summed E-state index contributed by atoms with van der Waals surface area (Å²) in [6.45, 7) is 1.98. The Hall–Kier alpha value is -3.07. The van der Waals surface area contributed by atoms with Crippen molar-refractivity contribution < 1.29 is 19.4 Å². The van der Waals surface area contributed by atoms with E-state index in [4.69, 9.17) is 19.8 Å². The Balaban J connectivity index is 1.98. The van der Waals surface area contributed by atoms with E-state index in [1.54, 1.807) is 18.3 Å². The average Bonchev–Trinajstić information content (AvgIpc) is 2.54. The van der Waals surface area contributed by atoms with Crippen LogP contribution >= 0.6 is 0 Å². The molecule has 0 aliphatic carbocycles. The first-order valence-electron chi connectivity index (χ1n) is 6.62. The summed E-state index contributed by atoms with van der Waals surface area (Å²) in [6.07, 6.45) is 2.70. The summed E-state index contributed by atoms with van der Waals surface area (Å²) >= 11 is 0. The van der Waals surface area contributed by atoms with Gasteiger partial charge in [0.1, 0.15) is 18.2 Å². The van der Waals surface area contributed by atoms with Crippen molar-refractivity contribution in [2.24, 2.45) is 0 Å². The van der Waals surface area contributed by atoms with Gasteiger partial charge in [-0.15, -0.1) is 0 Å². The first-order chi connectivity index (χ1) is 10.6. The van der Waals surface area contributed by atoms with Gasteiger partial charge in [0, 0.05) is 18.0 Å². The first kappa shape index (κ1) is 13.9. The molecule has 2 heterocycles. The van der Waals surface area contributed by atoms with Gasteiger partial charge in [0.25, 0.3) is 0 Å². The molecule has 0 saturated carbocycles. The highest BCUT2D eigenvalue weighted by Crippen LogP contribution is 2.39. The topological polar surface area (TPSA) is 92.4 Å². The largest absolute Gasteiger partial charge is 0.485 e. The summed E-state index contributed by atoms with van der Waals surface area (Å²) in [4.78, 5) is 15.2. The van der Waals surface area contributed by atoms with E-state index in [9.17, 15) is 4.79 Å². The fraction of sp³-hybridized carbons (Fsp3) is 0.188. The van der Waals surface area contributed by atoms with E-state index in [2.05, 4.69) is 11.1 Å². The van der Waals surface area contributed by atoms with Crippen molar-refractivity contribution >= 4 is 5.97 Å². The van der Waals surface area contributed by atoms with Gasteiger partial charge in [-0.05, 0) is 24.6 Å². The zero-order valence-corrected chi connectivity index (χ0v) is 11.7. The number of aromatic nitrogens is 1. The molecule has 1 N–H and O–H groups in total. The number of benzene rings is 1. The van der Waals surface area contributed by atoms with E-state index < -0.39 is 12.1 Å². The third-order valence-electron chi connectivity index (χ3n) is 3.58. The van der Waals surface area contributed by atoms with Crippen molar-refractivity contribution in [1.82, 2.24) is 4.98 Å². The molecule has 110 valence electrons. The number of nitrogens with zero attached hydrogens (tertiary/aromatic N) is 2. The second-order valence-electron chi connectivity index (χ2n) is 4.87. The number of nitriles is 1. The number of carboxylic acid groups (broad SMARTS) is 1. The highest BCUT2D eigenvalue weighted by Gasteiger charge is 2.28. The molecule has 6 nitrogen and oxygen atoms in total. The summed E-state index contributed by atoms with van der Waals surface area (Å²) in [5.41, 5.74) is 2.08. The maximum atomic E-state index is 11.2. The number of hydrogen-bond donors (Lipinski definition) is 1. The highest BCUT2D eigenvalue weighted by atomic mass is 16.6. The number of pyridine rings is 1. The van der Waals surface area contributed by atoms with Gasteiger partial charge >= 0.3 is 5.97 Å². The van der Waals surface area contributed by atoms with Crippen molar-refractivity contribution in [2.75, 3.05) is 6.61 Å². The fourth-order valence-corrected chi connectivity index (χ4v) is 2.40. The number of ether oxygens (including phenoxy) is 2. The molecule has 1 aliphatic heterocycles. The predicted octanol–water partition coefficient (Wildman–Crippen LogP) is 2.47. The van der Waals surface area contributed by atoms with Crippen LogP contribution in [0.3, 0.4) is 0 Å². The quantitative estimate of drug-likeness (QED) is 0.915. The Morgan fingerprint density at radius 2 is 2.27 bits per heavy atom. The van der Waals surface area contributed by atoms with Crippen LogP contribution in [-0.4, -0.2) is 22.7 Å². The summed E-state index contributed by atoms with van der Waals surface area (Å²) in [7, 11) is 0. The maximum absolute atomic E-state index is 11.2. The molecule has 1 atom stereocenters. The number of carbonyl (C=O) groups is 1. The van der Waals surface area contributed by atoms with Gasteiger partial charge in [-0.2, -0.15) is 5.26 Å². The van der Waals surface area contributed by atoms with Crippen LogP contribution in [0.5, 0.6) is 11.5 Å². The van der Waals surface area contributed by atoms with Gasteiger partial charge < -0.3 is 14.6 Å². The average molecular weight is 296 g/mol. The molecule has 0 fully saturated rings. The third kappa shape index (κ3) is 2.23. The molecular weight excluding hydrogens is 284 g/mol. The normalized spacial score (nSPS) is 15.9. The lowest BCUT2D eigenvalue weighted by atomic mass is 10.0. The van der Waals surface area contributed by atoms with Crippen molar-refractivity contribution in [1.29, 1.82) is 5.26 Å². The summed E-state index contributed by atoms with van der Waals surface area (Å²) < 4.78 is 11.4. The van der Waals surface area contributed by atoms with Gasteiger partial charge in [0.05, 0.1) is 5.56 Å². The summed E-state index contributed by atoms with van der Waals surface area (Å²) in [5, 5.41) is 18.2. The van der Waals surface area contributed by atoms with Gasteiger partial charge in [-0.1, -0.05) is 6.07 Å². The SMILES string of the molecule is Cc1c(C#N)cncc1C1COc2c(cccc2C(=O)O)O1. The third-order valence-corrected chi connectivity index (χ3v) is 3.58. The molecule has 1 unspecified atom stereocenters. The van der Waals surface area contributed by atoms with E-state index in [1.165, 1.54) is 12.3 Å². The number of carboxylic acids is 1. The minimum atomic E-state index is -1.07. The molecule has 6 heteroatoms. The zero-order chi connectivity index (χ0) is 15.7. The molecular formula is C16H12N2O4. The molecule has 3 rings (SSSR count). The standard InChI is InChI=1S/C16H12N2O4/c1-9-10(5-17)6-18-7-12(9)14-8-21-15-11(16(19)20)3-2-4-13(15)22-14/h2-4,6-7,14H,8H2,1H3,(H,19,20). The van der Waals surface area contributed by atoms with Crippen molar-refractivity contribution in [3.05, 3.63) is 52.8 Å². The molecule has 22 heavy (non-hydrogen) atoms. The highest BCUT2D eigenvalue weighted by molar-refractivity contribution is 5.92. The van der Waals surface area contributed by atoms with Gasteiger partial charge in [0.15, 0.2) is 17.6 Å². The number of rotatable bonds is 2. The monoisotopic (exact) mass is 296 g/mol. The molecule has 0 amide bonds. The van der Waals surface area contributed by atoms with Crippen molar-refractivity contribution in [3.63, 3.8) is 0 Å². The van der Waals surface area contributed by atoms with E-state index in [1.807, 2.05) is 6.92 Å². The number of fused-ring (bicyclic) bond motifs is 1. The van der Waals surface area contributed by atoms with Gasteiger partial charge in [0.2, 0.25) is 0 Å². The van der Waals surface area contributed by atoms with Crippen LogP contribution < -0.4 is 9.47 Å². The van der Waals surface area contributed by atoms with E-state index >= 15 is 0 Å². The fourth-order valence-electron chi connectivity index (χ4n) is 2.40. The Morgan fingerprint density at radius 1 is 1.45 bits per heavy atom. The smallest absolute Gasteiger partial charge is 0.339 e. The molecule has 0 radical (unpaired) electrons. The Morgan fingerprint density at radius 3 is 3.00 bits per heavy atom. The van der Waals surface area contributed by atoms with Gasteiger partial charge in [-0.3, -0.25) is 4.98 Å². The molecule has 0 saturated heterocycles. The van der Waals surface area contributed by atoms with Crippen LogP contribution in [0.25, 0.3) is 0 Å². The van der Waals surface area contributed by atoms with Crippen molar-refractivity contribution in [2.45, 2.75) is 13.0 Å². The number of hydrogen-bond acceptors (Lipinski definition) is 5. The molecule has 1 aliphatic rings. The molecule has 2 aromatic rings. The lowest BCUT2D eigenvalue weighted by molar-refractivity contribution is 0.0659. The van der Waals surface area contributed by atoms with Crippen LogP contribution in [0.1, 0.15) is 33.2 Å². The lowest BCUT2D eigenvalue weighted by Gasteiger charge is -2.28. The van der Waals surface area contributed by atoms with E-state index in [0.29, 0.717) is 11.3 Å². The molecule has 1 aromatic heterocycles. The van der Waals surface area contributed by atoms with Crippen LogP contribution in [0.4, 0.5) is 0 Å². The predicted molar refractivity (Wildman–Crippen MR) is 76.0 cm³/mol. The minimum Gasteiger partial charge on any atom is -0.485 e. The van der Waals surface area contributed by atoms with E-state index in [0.717, 1.165) is 11.1 Å². The summed E-state index contributed by atoms with van der Waals surface area (Å²) in [6, 6.07) is 6.81. The second-order valence-corrected chi connectivity index (χ2v) is 4.87. The minimum absolute atomic E-state index is 0.0663. The van der Waals surface area contributed by atoms with Crippen molar-refractivity contribution in [3.8, 4) is 17.6 Å². The Labute approximate surface area is 126 Å². The summed E-state index contributed by atoms with van der Waals surface area (Å²) in [5.74, 6) is -0.463. The zero-order valence-electron chi connectivity index (χ0n) is 11.7. The Kier molecular flexibility index (Phi) is 3.39. The maximum Gasteiger partial charge on any atom is 0.339 e. The van der Waals surface area contributed by atoms with Crippen LogP contribution in [0.15, 0.2) is 30.6 Å². The van der Waals surface area contributed by atoms with Crippen LogP contribution in [0.2, 0.25) is 0 Å². The second kappa shape index (κ2) is 5.37. The lowest BCUT2D eigenvalue weighted by Crippen LogP contribution is -2.24. The Bertz CT molecular complexity index is 795.